The Balaban J connectivity index is 1.87. The van der Waals surface area contributed by atoms with Gasteiger partial charge in [0.05, 0.1) is 10.8 Å². The van der Waals surface area contributed by atoms with Crippen LogP contribution in [0.25, 0.3) is 0 Å². The van der Waals surface area contributed by atoms with Crippen molar-refractivity contribution in [2.75, 3.05) is 6.54 Å². The molecule has 1 aliphatic carbocycles. The number of carbonyl (C=O) groups excluding carboxylic acids is 2. The molecular formula is C20H29N3O4S. The molecular weight excluding hydrogens is 378 g/mol. The molecule has 1 saturated carbocycles. The van der Waals surface area contributed by atoms with Gasteiger partial charge in [-0.1, -0.05) is 18.2 Å². The fourth-order valence-corrected chi connectivity index (χ4v) is 6.54. The van der Waals surface area contributed by atoms with Crippen LogP contribution in [0.5, 0.6) is 0 Å². The van der Waals surface area contributed by atoms with Crippen molar-refractivity contribution < 1.29 is 18.0 Å². The van der Waals surface area contributed by atoms with Crippen LogP contribution in [0.1, 0.15) is 45.4 Å². The fourth-order valence-electron chi connectivity index (χ4n) is 4.76. The minimum Gasteiger partial charge on any atom is -0.369 e. The number of benzene rings is 1. The SMILES string of the molecule is CC(=O)NC1CCC(C2C(C(N)=O)CCCN2S(=O)(=O)c2ccccc2)CC1. The second kappa shape index (κ2) is 8.61. The van der Waals surface area contributed by atoms with E-state index in [0.29, 0.717) is 19.4 Å². The van der Waals surface area contributed by atoms with Crippen LogP contribution in [0, 0.1) is 11.8 Å². The van der Waals surface area contributed by atoms with Crippen molar-refractivity contribution in [3.8, 4) is 0 Å². The van der Waals surface area contributed by atoms with Crippen molar-refractivity contribution in [3.05, 3.63) is 30.3 Å². The molecule has 2 fully saturated rings. The zero-order valence-corrected chi connectivity index (χ0v) is 17.0. The summed E-state index contributed by atoms with van der Waals surface area (Å²) in [6.45, 7) is 1.90. The van der Waals surface area contributed by atoms with Gasteiger partial charge < -0.3 is 11.1 Å². The lowest BCUT2D eigenvalue weighted by molar-refractivity contribution is -0.125. The lowest BCUT2D eigenvalue weighted by atomic mass is 9.74. The Bertz CT molecular complexity index is 804. The molecule has 1 aromatic carbocycles. The Morgan fingerprint density at radius 1 is 1.07 bits per heavy atom. The molecule has 7 nitrogen and oxygen atoms in total. The van der Waals surface area contributed by atoms with Crippen molar-refractivity contribution in [1.29, 1.82) is 0 Å². The number of piperidine rings is 1. The van der Waals surface area contributed by atoms with Crippen LogP contribution >= 0.6 is 0 Å². The average molecular weight is 408 g/mol. The highest BCUT2D eigenvalue weighted by Gasteiger charge is 2.45. The first-order valence-electron chi connectivity index (χ1n) is 9.94. The van der Waals surface area contributed by atoms with E-state index in [1.807, 2.05) is 0 Å². The Morgan fingerprint density at radius 2 is 1.71 bits per heavy atom. The van der Waals surface area contributed by atoms with E-state index < -0.39 is 27.9 Å². The first-order valence-corrected chi connectivity index (χ1v) is 11.4. The van der Waals surface area contributed by atoms with E-state index in [-0.39, 0.29) is 22.8 Å². The number of amides is 2. The molecule has 1 aliphatic heterocycles. The van der Waals surface area contributed by atoms with Crippen LogP contribution in [0.4, 0.5) is 0 Å². The molecule has 3 rings (SSSR count). The maximum Gasteiger partial charge on any atom is 0.243 e. The van der Waals surface area contributed by atoms with Crippen molar-refractivity contribution in [2.45, 2.75) is 62.4 Å². The molecule has 8 heteroatoms. The lowest BCUT2D eigenvalue weighted by Crippen LogP contribution is -2.56. The Hall–Kier alpha value is -1.93. The molecule has 2 atom stereocenters. The summed E-state index contributed by atoms with van der Waals surface area (Å²) in [7, 11) is -3.70. The second-order valence-corrected chi connectivity index (χ2v) is 9.77. The number of hydrogen-bond acceptors (Lipinski definition) is 4. The predicted molar refractivity (Wildman–Crippen MR) is 106 cm³/mol. The normalized spacial score (nSPS) is 29.2. The maximum atomic E-state index is 13.3. The quantitative estimate of drug-likeness (QED) is 0.773. The number of rotatable bonds is 5. The van der Waals surface area contributed by atoms with Crippen LogP contribution < -0.4 is 11.1 Å². The molecule has 0 spiro atoms. The molecule has 1 heterocycles. The summed E-state index contributed by atoms with van der Waals surface area (Å²) in [6.07, 6.45) is 4.33. The van der Waals surface area contributed by atoms with E-state index in [0.717, 1.165) is 25.7 Å². The van der Waals surface area contributed by atoms with Crippen LogP contribution in [0.2, 0.25) is 0 Å². The van der Waals surface area contributed by atoms with Gasteiger partial charge in [0.25, 0.3) is 0 Å². The first-order chi connectivity index (χ1) is 13.3. The topological polar surface area (TPSA) is 110 Å². The number of nitrogens with zero attached hydrogens (tertiary/aromatic N) is 1. The standard InChI is InChI=1S/C20H29N3O4S/c1-14(24)22-16-11-9-15(10-12-16)19-18(20(21)25)8-5-13-23(19)28(26,27)17-6-3-2-4-7-17/h2-4,6-7,15-16,18-19H,5,8-13H2,1H3,(H2,21,25)(H,22,24). The van der Waals surface area contributed by atoms with Gasteiger partial charge in [0, 0.05) is 25.6 Å². The smallest absolute Gasteiger partial charge is 0.243 e. The number of carbonyl (C=O) groups is 2. The van der Waals surface area contributed by atoms with E-state index in [4.69, 9.17) is 5.73 Å². The summed E-state index contributed by atoms with van der Waals surface area (Å²) in [5.41, 5.74) is 5.68. The van der Waals surface area contributed by atoms with Crippen molar-refractivity contribution in [1.82, 2.24) is 9.62 Å². The Kier molecular flexibility index (Phi) is 6.40. The van der Waals surface area contributed by atoms with E-state index >= 15 is 0 Å². The van der Waals surface area contributed by atoms with Gasteiger partial charge in [0.15, 0.2) is 0 Å². The zero-order valence-electron chi connectivity index (χ0n) is 16.2. The first kappa shape index (κ1) is 20.8. The third-order valence-corrected chi connectivity index (χ3v) is 7.93. The summed E-state index contributed by atoms with van der Waals surface area (Å²) < 4.78 is 28.2. The van der Waals surface area contributed by atoms with E-state index in [1.165, 1.54) is 11.2 Å². The molecule has 1 aromatic rings. The number of nitrogens with one attached hydrogen (secondary N) is 1. The monoisotopic (exact) mass is 407 g/mol. The zero-order chi connectivity index (χ0) is 20.3. The van der Waals surface area contributed by atoms with Crippen molar-refractivity contribution in [3.63, 3.8) is 0 Å². The lowest BCUT2D eigenvalue weighted by Gasteiger charge is -2.45. The van der Waals surface area contributed by atoms with Crippen LogP contribution in [-0.2, 0) is 19.6 Å². The molecule has 2 amide bonds. The van der Waals surface area contributed by atoms with Crippen LogP contribution in [0.15, 0.2) is 35.2 Å². The van der Waals surface area contributed by atoms with Gasteiger partial charge in [0.2, 0.25) is 21.8 Å². The predicted octanol–water partition coefficient (Wildman–Crippen LogP) is 1.64. The van der Waals surface area contributed by atoms with Crippen LogP contribution in [-0.4, -0.2) is 43.2 Å². The Labute approximate surface area is 166 Å². The average Bonchev–Trinajstić information content (AvgIpc) is 2.68. The second-order valence-electron chi connectivity index (χ2n) is 7.88. The molecule has 2 unspecified atom stereocenters. The minimum absolute atomic E-state index is 0.0515. The molecule has 0 radical (unpaired) electrons. The summed E-state index contributed by atoms with van der Waals surface area (Å²) in [5.74, 6) is -0.901. The highest BCUT2D eigenvalue weighted by atomic mass is 32.2. The summed E-state index contributed by atoms with van der Waals surface area (Å²) in [5, 5.41) is 2.94. The van der Waals surface area contributed by atoms with Gasteiger partial charge in [-0.25, -0.2) is 8.42 Å². The highest BCUT2D eigenvalue weighted by molar-refractivity contribution is 7.89. The maximum absolute atomic E-state index is 13.3. The number of primary amides is 1. The van der Waals surface area contributed by atoms with Gasteiger partial charge in [-0.15, -0.1) is 0 Å². The van der Waals surface area contributed by atoms with Crippen molar-refractivity contribution >= 4 is 21.8 Å². The van der Waals surface area contributed by atoms with Crippen LogP contribution in [0.3, 0.4) is 0 Å². The third-order valence-electron chi connectivity index (χ3n) is 6.02. The van der Waals surface area contributed by atoms with Gasteiger partial charge in [-0.3, -0.25) is 9.59 Å². The Morgan fingerprint density at radius 3 is 2.29 bits per heavy atom. The third kappa shape index (κ3) is 4.38. The molecule has 1 saturated heterocycles. The number of nitrogens with two attached hydrogens (primary N) is 1. The van der Waals surface area contributed by atoms with Gasteiger partial charge >= 0.3 is 0 Å². The van der Waals surface area contributed by atoms with E-state index in [2.05, 4.69) is 5.32 Å². The highest BCUT2D eigenvalue weighted by Crippen LogP contribution is 2.39. The number of hydrogen-bond donors (Lipinski definition) is 2. The molecule has 3 N–H and O–H groups in total. The van der Waals surface area contributed by atoms with Gasteiger partial charge in [0.1, 0.15) is 0 Å². The number of sulfonamides is 1. The minimum atomic E-state index is -3.70. The summed E-state index contributed by atoms with van der Waals surface area (Å²) in [6, 6.07) is 8.06. The molecule has 2 aliphatic rings. The van der Waals surface area contributed by atoms with E-state index in [1.54, 1.807) is 30.3 Å². The van der Waals surface area contributed by atoms with Crippen molar-refractivity contribution in [2.24, 2.45) is 17.6 Å². The summed E-state index contributed by atoms with van der Waals surface area (Å²) in [4.78, 5) is 23.7. The molecule has 0 aromatic heterocycles. The van der Waals surface area contributed by atoms with Gasteiger partial charge in [-0.05, 0) is 56.6 Å². The van der Waals surface area contributed by atoms with E-state index in [9.17, 15) is 18.0 Å². The molecule has 28 heavy (non-hydrogen) atoms. The fraction of sp³-hybridized carbons (Fsp3) is 0.600. The molecule has 0 bridgehead atoms. The largest absolute Gasteiger partial charge is 0.369 e. The van der Waals surface area contributed by atoms with Gasteiger partial charge in [-0.2, -0.15) is 4.31 Å². The summed E-state index contributed by atoms with van der Waals surface area (Å²) >= 11 is 0. The molecule has 154 valence electrons.